The Kier molecular flexibility index (Phi) is 3.27. The van der Waals surface area contributed by atoms with Crippen molar-refractivity contribution in [2.24, 2.45) is 0 Å². The van der Waals surface area contributed by atoms with Gasteiger partial charge in [0.25, 0.3) is 5.91 Å². The van der Waals surface area contributed by atoms with Crippen LogP contribution in [0.5, 0.6) is 0 Å². The molecule has 0 unspecified atom stereocenters. The van der Waals surface area contributed by atoms with Crippen molar-refractivity contribution in [3.8, 4) is 0 Å². The van der Waals surface area contributed by atoms with Crippen molar-refractivity contribution < 1.29 is 4.79 Å². The highest BCUT2D eigenvalue weighted by atomic mass is 16.1. The van der Waals surface area contributed by atoms with Crippen molar-refractivity contribution in [2.45, 2.75) is 25.7 Å². The second-order valence-electron chi connectivity index (χ2n) is 4.86. The van der Waals surface area contributed by atoms with Crippen LogP contribution in [0.4, 0.5) is 5.82 Å². The van der Waals surface area contributed by atoms with E-state index in [-0.39, 0.29) is 5.91 Å². The number of nitrogens with zero attached hydrogens (tertiary/aromatic N) is 1. The normalized spacial score (nSPS) is 13.7. The number of hydrogen-bond donors (Lipinski definition) is 1. The Morgan fingerprint density at radius 1 is 1.05 bits per heavy atom. The van der Waals surface area contributed by atoms with Gasteiger partial charge in [-0.05, 0) is 61.1 Å². The number of anilines is 1. The maximum atomic E-state index is 12.1. The molecule has 96 valence electrons. The lowest BCUT2D eigenvalue weighted by molar-refractivity contribution is 0.102. The van der Waals surface area contributed by atoms with E-state index in [0.29, 0.717) is 11.4 Å². The maximum Gasteiger partial charge on any atom is 0.256 e. The number of pyridine rings is 1. The molecule has 0 spiro atoms. The Balaban J connectivity index is 1.80. The van der Waals surface area contributed by atoms with E-state index >= 15 is 0 Å². The van der Waals surface area contributed by atoms with Gasteiger partial charge in [0.1, 0.15) is 5.82 Å². The number of carbonyl (C=O) groups excluding carboxylic acids is 1. The van der Waals surface area contributed by atoms with Crippen LogP contribution in [-0.2, 0) is 12.8 Å². The van der Waals surface area contributed by atoms with Crippen LogP contribution in [0.1, 0.15) is 34.3 Å². The fourth-order valence-electron chi connectivity index (χ4n) is 2.50. The van der Waals surface area contributed by atoms with Gasteiger partial charge >= 0.3 is 0 Å². The molecule has 1 aromatic heterocycles. The summed E-state index contributed by atoms with van der Waals surface area (Å²) < 4.78 is 0. The largest absolute Gasteiger partial charge is 0.307 e. The fraction of sp³-hybridized carbons (Fsp3) is 0.250. The quantitative estimate of drug-likeness (QED) is 0.891. The molecule has 1 aromatic carbocycles. The standard InChI is InChI=1S/C16H16N2O/c19-16(18-15-7-3-4-10-17-15)14-9-8-12-5-1-2-6-13(12)11-14/h3-4,7-11H,1-2,5-6H2,(H,17,18,19). The predicted molar refractivity (Wildman–Crippen MR) is 75.3 cm³/mol. The summed E-state index contributed by atoms with van der Waals surface area (Å²) in [4.78, 5) is 16.2. The highest BCUT2D eigenvalue weighted by Crippen LogP contribution is 2.22. The molecule has 0 atom stereocenters. The molecule has 0 saturated carbocycles. The van der Waals surface area contributed by atoms with Gasteiger partial charge in [-0.25, -0.2) is 4.98 Å². The molecule has 0 saturated heterocycles. The Bertz CT molecular complexity index is 593. The SMILES string of the molecule is O=C(Nc1ccccn1)c1ccc2c(c1)CCCC2. The number of nitrogens with one attached hydrogen (secondary N) is 1. The minimum atomic E-state index is -0.0907. The Labute approximate surface area is 112 Å². The van der Waals surface area contributed by atoms with Gasteiger partial charge in [-0.1, -0.05) is 12.1 Å². The van der Waals surface area contributed by atoms with Gasteiger partial charge in [0.2, 0.25) is 0 Å². The molecule has 3 rings (SSSR count). The molecule has 3 heteroatoms. The third kappa shape index (κ3) is 2.65. The summed E-state index contributed by atoms with van der Waals surface area (Å²) in [5.41, 5.74) is 3.42. The summed E-state index contributed by atoms with van der Waals surface area (Å²) in [6.07, 6.45) is 6.37. The van der Waals surface area contributed by atoms with Gasteiger partial charge in [-0.15, -0.1) is 0 Å². The van der Waals surface area contributed by atoms with Crippen LogP contribution < -0.4 is 5.32 Å². The van der Waals surface area contributed by atoms with Crippen molar-refractivity contribution in [1.29, 1.82) is 0 Å². The summed E-state index contributed by atoms with van der Waals surface area (Å²) in [6.45, 7) is 0. The first-order valence-electron chi connectivity index (χ1n) is 6.67. The van der Waals surface area contributed by atoms with Crippen LogP contribution >= 0.6 is 0 Å². The lowest BCUT2D eigenvalue weighted by Gasteiger charge is -2.16. The molecular weight excluding hydrogens is 236 g/mol. The molecule has 1 aliphatic carbocycles. The van der Waals surface area contributed by atoms with Crippen LogP contribution in [0, 0.1) is 0 Å². The second-order valence-corrected chi connectivity index (χ2v) is 4.86. The number of rotatable bonds is 2. The monoisotopic (exact) mass is 252 g/mol. The zero-order chi connectivity index (χ0) is 13.1. The topological polar surface area (TPSA) is 42.0 Å². The van der Waals surface area contributed by atoms with Gasteiger partial charge in [0.15, 0.2) is 0 Å². The number of hydrogen-bond acceptors (Lipinski definition) is 2. The van der Waals surface area contributed by atoms with E-state index in [0.717, 1.165) is 12.8 Å². The van der Waals surface area contributed by atoms with Crippen LogP contribution in [0.25, 0.3) is 0 Å². The number of carbonyl (C=O) groups is 1. The third-order valence-corrected chi connectivity index (χ3v) is 3.52. The van der Waals surface area contributed by atoms with Gasteiger partial charge in [0, 0.05) is 11.8 Å². The van der Waals surface area contributed by atoms with E-state index in [1.54, 1.807) is 12.3 Å². The first-order chi connectivity index (χ1) is 9.33. The molecule has 1 heterocycles. The van der Waals surface area contributed by atoms with Crippen molar-refractivity contribution in [3.63, 3.8) is 0 Å². The molecule has 0 fully saturated rings. The Hall–Kier alpha value is -2.16. The van der Waals surface area contributed by atoms with Gasteiger partial charge in [-0.3, -0.25) is 4.79 Å². The molecule has 0 bridgehead atoms. The second kappa shape index (κ2) is 5.22. The average Bonchev–Trinajstić information content (AvgIpc) is 2.48. The van der Waals surface area contributed by atoms with Crippen LogP contribution in [0.2, 0.25) is 0 Å². The van der Waals surface area contributed by atoms with Crippen molar-refractivity contribution in [3.05, 3.63) is 59.3 Å². The third-order valence-electron chi connectivity index (χ3n) is 3.52. The lowest BCUT2D eigenvalue weighted by Crippen LogP contribution is -2.14. The molecule has 0 radical (unpaired) electrons. The zero-order valence-electron chi connectivity index (χ0n) is 10.7. The Morgan fingerprint density at radius 3 is 2.68 bits per heavy atom. The first-order valence-corrected chi connectivity index (χ1v) is 6.67. The molecule has 19 heavy (non-hydrogen) atoms. The van der Waals surface area contributed by atoms with Gasteiger partial charge in [-0.2, -0.15) is 0 Å². The smallest absolute Gasteiger partial charge is 0.256 e. The Morgan fingerprint density at radius 2 is 1.89 bits per heavy atom. The fourth-order valence-corrected chi connectivity index (χ4v) is 2.50. The molecule has 1 N–H and O–H groups in total. The molecule has 3 nitrogen and oxygen atoms in total. The van der Waals surface area contributed by atoms with Gasteiger partial charge < -0.3 is 5.32 Å². The number of aryl methyl sites for hydroxylation is 2. The predicted octanol–water partition coefficient (Wildman–Crippen LogP) is 3.21. The number of amides is 1. The van der Waals surface area contributed by atoms with Crippen molar-refractivity contribution >= 4 is 11.7 Å². The van der Waals surface area contributed by atoms with Crippen LogP contribution in [0.3, 0.4) is 0 Å². The number of benzene rings is 1. The zero-order valence-corrected chi connectivity index (χ0v) is 10.7. The average molecular weight is 252 g/mol. The summed E-state index contributed by atoms with van der Waals surface area (Å²) in [6, 6.07) is 11.5. The summed E-state index contributed by atoms with van der Waals surface area (Å²) >= 11 is 0. The van der Waals surface area contributed by atoms with Crippen LogP contribution in [0.15, 0.2) is 42.6 Å². The molecule has 2 aromatic rings. The van der Waals surface area contributed by atoms with Crippen molar-refractivity contribution in [2.75, 3.05) is 5.32 Å². The van der Waals surface area contributed by atoms with Gasteiger partial charge in [0.05, 0.1) is 0 Å². The summed E-state index contributed by atoms with van der Waals surface area (Å²) in [5.74, 6) is 0.497. The van der Waals surface area contributed by atoms with Crippen LogP contribution in [-0.4, -0.2) is 10.9 Å². The minimum absolute atomic E-state index is 0.0907. The van der Waals surface area contributed by atoms with E-state index in [4.69, 9.17) is 0 Å². The molecule has 0 aliphatic heterocycles. The van der Waals surface area contributed by atoms with E-state index in [1.165, 1.54) is 24.0 Å². The summed E-state index contributed by atoms with van der Waals surface area (Å²) in [5, 5.41) is 2.81. The van der Waals surface area contributed by atoms with E-state index in [1.807, 2.05) is 24.3 Å². The van der Waals surface area contributed by atoms with Crippen molar-refractivity contribution in [1.82, 2.24) is 4.98 Å². The lowest BCUT2D eigenvalue weighted by atomic mass is 9.90. The molecule has 1 amide bonds. The molecule has 1 aliphatic rings. The van der Waals surface area contributed by atoms with E-state index < -0.39 is 0 Å². The number of aromatic nitrogens is 1. The maximum absolute atomic E-state index is 12.1. The summed E-state index contributed by atoms with van der Waals surface area (Å²) in [7, 11) is 0. The highest BCUT2D eigenvalue weighted by molar-refractivity contribution is 6.03. The molecular formula is C16H16N2O. The first kappa shape index (κ1) is 11.9. The van der Waals surface area contributed by atoms with E-state index in [9.17, 15) is 4.79 Å². The van der Waals surface area contributed by atoms with E-state index in [2.05, 4.69) is 16.4 Å². The highest BCUT2D eigenvalue weighted by Gasteiger charge is 2.13. The minimum Gasteiger partial charge on any atom is -0.307 e. The number of fused-ring (bicyclic) bond motifs is 1.